The summed E-state index contributed by atoms with van der Waals surface area (Å²) in [4.78, 5) is 0. The highest BCUT2D eigenvalue weighted by atomic mass is 16.5. The molecule has 14 rings (SSSR count). The maximum absolute atomic E-state index is 6.55. The molecule has 0 saturated heterocycles. The zero-order valence-electron chi connectivity index (χ0n) is 31.8. The van der Waals surface area contributed by atoms with Crippen molar-refractivity contribution >= 4 is 43.5 Å². The Hall–Kier alpha value is -7.68. The van der Waals surface area contributed by atoms with Crippen LogP contribution >= 0.6 is 0 Å². The molecule has 0 N–H and O–H groups in total. The van der Waals surface area contributed by atoms with Gasteiger partial charge in [0.1, 0.15) is 22.7 Å². The minimum atomic E-state index is -0.579. The lowest BCUT2D eigenvalue weighted by Gasteiger charge is -2.33. The van der Waals surface area contributed by atoms with E-state index in [0.717, 1.165) is 50.0 Å². The fraction of sp³-hybridized carbons (Fsp3) is 0.0175. The Kier molecular flexibility index (Phi) is 5.99. The lowest BCUT2D eigenvalue weighted by molar-refractivity contribution is 0.487. The van der Waals surface area contributed by atoms with E-state index in [1.54, 1.807) is 0 Å². The first kappa shape index (κ1) is 31.4. The van der Waals surface area contributed by atoms with E-state index in [1.807, 2.05) is 12.1 Å². The zero-order valence-corrected chi connectivity index (χ0v) is 31.8. The standard InChI is InChI=1S/C57H32O2/c1-2-13-37-33(12-1)30-46(35-24-26-42-40-16-5-9-22-50(40)59-53(42)32-35)56-55(37)45-27-25-34(31-49(45)57(56)47-20-7-3-14-38(47)39-15-4-8-21-48(39)57)36-28-29-52-54-43(36)18-11-19-44(54)41-17-6-10-23-51(41)58-52/h1-32H. The molecule has 1 aromatic heterocycles. The Balaban J connectivity index is 1.10. The van der Waals surface area contributed by atoms with Crippen molar-refractivity contribution in [2.75, 3.05) is 0 Å². The second-order valence-electron chi connectivity index (χ2n) is 16.2. The predicted octanol–water partition coefficient (Wildman–Crippen LogP) is 15.3. The number of ether oxygens (including phenoxy) is 1. The highest BCUT2D eigenvalue weighted by molar-refractivity contribution is 6.13. The highest BCUT2D eigenvalue weighted by Gasteiger charge is 2.53. The second kappa shape index (κ2) is 11.2. The summed E-state index contributed by atoms with van der Waals surface area (Å²) in [5.41, 5.74) is 18.8. The van der Waals surface area contributed by atoms with Crippen LogP contribution in [-0.2, 0) is 5.41 Å². The molecule has 0 atom stereocenters. The first-order valence-corrected chi connectivity index (χ1v) is 20.4. The summed E-state index contributed by atoms with van der Waals surface area (Å²) < 4.78 is 13.1. The normalized spacial score (nSPS) is 13.7. The lowest BCUT2D eigenvalue weighted by atomic mass is 9.68. The lowest BCUT2D eigenvalue weighted by Crippen LogP contribution is -2.26. The fourth-order valence-corrected chi connectivity index (χ4v) is 11.1. The molecule has 0 saturated carbocycles. The first-order valence-electron chi connectivity index (χ1n) is 20.4. The third kappa shape index (κ3) is 3.96. The van der Waals surface area contributed by atoms with Crippen LogP contribution in [0.25, 0.3) is 99.1 Å². The SMILES string of the molecule is c1ccc2c(c1)Oc1ccc(-c3ccc4c(c3)C3(c5ccccc5-c5ccccc53)c3c(-c5ccc6c(c5)oc5ccccc56)cc5ccccc5c3-4)c3cccc-2c13. The van der Waals surface area contributed by atoms with Gasteiger partial charge in [0.15, 0.2) is 0 Å². The summed E-state index contributed by atoms with van der Waals surface area (Å²) in [6.07, 6.45) is 0. The number of benzene rings is 10. The van der Waals surface area contributed by atoms with Crippen LogP contribution < -0.4 is 4.74 Å². The molecular weight excluding hydrogens is 717 g/mol. The topological polar surface area (TPSA) is 22.4 Å². The van der Waals surface area contributed by atoms with Crippen LogP contribution in [0.3, 0.4) is 0 Å². The maximum atomic E-state index is 6.55. The predicted molar refractivity (Wildman–Crippen MR) is 241 cm³/mol. The number of para-hydroxylation sites is 2. The minimum Gasteiger partial charge on any atom is -0.456 e. The van der Waals surface area contributed by atoms with E-state index < -0.39 is 5.41 Å². The van der Waals surface area contributed by atoms with Gasteiger partial charge >= 0.3 is 0 Å². The van der Waals surface area contributed by atoms with Crippen LogP contribution in [0.1, 0.15) is 22.3 Å². The molecule has 11 aromatic rings. The molecule has 272 valence electrons. The summed E-state index contributed by atoms with van der Waals surface area (Å²) in [7, 11) is 0. The van der Waals surface area contributed by atoms with Gasteiger partial charge in [-0.2, -0.15) is 0 Å². The molecule has 0 radical (unpaired) electrons. The van der Waals surface area contributed by atoms with Crippen molar-refractivity contribution < 1.29 is 9.15 Å². The zero-order chi connectivity index (χ0) is 38.4. The van der Waals surface area contributed by atoms with Gasteiger partial charge < -0.3 is 9.15 Å². The van der Waals surface area contributed by atoms with Gasteiger partial charge in [-0.3, -0.25) is 0 Å². The van der Waals surface area contributed by atoms with Gasteiger partial charge in [-0.05, 0) is 131 Å². The third-order valence-electron chi connectivity index (χ3n) is 13.5. The highest BCUT2D eigenvalue weighted by Crippen LogP contribution is 2.66. The average Bonchev–Trinajstić information content (AvgIpc) is 3.93. The third-order valence-corrected chi connectivity index (χ3v) is 13.5. The van der Waals surface area contributed by atoms with E-state index in [9.17, 15) is 0 Å². The molecule has 2 heteroatoms. The summed E-state index contributed by atoms with van der Waals surface area (Å²) in [5, 5.41) is 7.12. The van der Waals surface area contributed by atoms with Crippen molar-refractivity contribution in [1.82, 2.24) is 0 Å². The molecule has 0 fully saturated rings. The Labute approximate surface area is 340 Å². The van der Waals surface area contributed by atoms with E-state index in [0.29, 0.717) is 0 Å². The summed E-state index contributed by atoms with van der Waals surface area (Å²) >= 11 is 0. The Bertz CT molecular complexity index is 3610. The van der Waals surface area contributed by atoms with E-state index >= 15 is 0 Å². The van der Waals surface area contributed by atoms with Gasteiger partial charge in [0.2, 0.25) is 0 Å². The van der Waals surface area contributed by atoms with Crippen molar-refractivity contribution in [1.29, 1.82) is 0 Å². The van der Waals surface area contributed by atoms with Gasteiger partial charge in [-0.1, -0.05) is 152 Å². The van der Waals surface area contributed by atoms with Crippen molar-refractivity contribution in [3.63, 3.8) is 0 Å². The molecule has 3 aliphatic rings. The van der Waals surface area contributed by atoms with Crippen LogP contribution in [0, 0.1) is 0 Å². The minimum absolute atomic E-state index is 0.579. The summed E-state index contributed by atoms with van der Waals surface area (Å²) in [6.45, 7) is 0. The molecule has 0 bridgehead atoms. The number of rotatable bonds is 2. The van der Waals surface area contributed by atoms with Gasteiger partial charge in [0.25, 0.3) is 0 Å². The molecule has 2 nitrogen and oxygen atoms in total. The largest absolute Gasteiger partial charge is 0.456 e. The Morgan fingerprint density at radius 3 is 1.85 bits per heavy atom. The van der Waals surface area contributed by atoms with Crippen LogP contribution in [0.4, 0.5) is 0 Å². The summed E-state index contributed by atoms with van der Waals surface area (Å²) in [5.74, 6) is 1.80. The van der Waals surface area contributed by atoms with Crippen molar-refractivity contribution in [3.8, 4) is 67.1 Å². The molecule has 2 heterocycles. The molecule has 2 aliphatic carbocycles. The Morgan fingerprint density at radius 1 is 0.339 bits per heavy atom. The number of hydrogen-bond acceptors (Lipinski definition) is 2. The van der Waals surface area contributed by atoms with Gasteiger partial charge in [-0.25, -0.2) is 0 Å². The molecule has 10 aromatic carbocycles. The van der Waals surface area contributed by atoms with Crippen LogP contribution in [0.5, 0.6) is 11.5 Å². The Morgan fingerprint density at radius 2 is 0.983 bits per heavy atom. The quantitative estimate of drug-likeness (QED) is 0.176. The molecule has 0 amide bonds. The average molecular weight is 749 g/mol. The van der Waals surface area contributed by atoms with Crippen LogP contribution in [0.15, 0.2) is 199 Å². The van der Waals surface area contributed by atoms with Crippen molar-refractivity contribution in [2.24, 2.45) is 0 Å². The molecule has 0 unspecified atom stereocenters. The van der Waals surface area contributed by atoms with Gasteiger partial charge in [0, 0.05) is 21.7 Å². The molecule has 1 spiro atoms. The van der Waals surface area contributed by atoms with Crippen LogP contribution in [0.2, 0.25) is 0 Å². The molecule has 59 heavy (non-hydrogen) atoms. The molecular formula is C57H32O2. The second-order valence-corrected chi connectivity index (χ2v) is 16.2. The van der Waals surface area contributed by atoms with E-state index in [2.05, 4.69) is 182 Å². The van der Waals surface area contributed by atoms with Gasteiger partial charge in [0.05, 0.1) is 5.41 Å². The van der Waals surface area contributed by atoms with Crippen molar-refractivity contribution in [2.45, 2.75) is 5.41 Å². The van der Waals surface area contributed by atoms with Gasteiger partial charge in [-0.15, -0.1) is 0 Å². The first-order chi connectivity index (χ1) is 29.3. The monoisotopic (exact) mass is 748 g/mol. The van der Waals surface area contributed by atoms with E-state index in [-0.39, 0.29) is 0 Å². The number of furan rings is 1. The number of hydrogen-bond donors (Lipinski definition) is 0. The summed E-state index contributed by atoms with van der Waals surface area (Å²) in [6, 6.07) is 71.5. The maximum Gasteiger partial charge on any atom is 0.136 e. The molecule has 1 aliphatic heterocycles. The smallest absolute Gasteiger partial charge is 0.136 e. The van der Waals surface area contributed by atoms with Crippen molar-refractivity contribution in [3.05, 3.63) is 216 Å². The van der Waals surface area contributed by atoms with E-state index in [4.69, 9.17) is 9.15 Å². The number of fused-ring (bicyclic) bond motifs is 17. The van der Waals surface area contributed by atoms with Crippen LogP contribution in [-0.4, -0.2) is 0 Å². The fourth-order valence-electron chi connectivity index (χ4n) is 11.1. The van der Waals surface area contributed by atoms with E-state index in [1.165, 1.54) is 82.9 Å².